The number of nitrogens with one attached hydrogen (secondary N) is 1. The van der Waals surface area contributed by atoms with E-state index in [1.165, 1.54) is 18.2 Å². The molecule has 5 nitrogen and oxygen atoms in total. The second-order valence-electron chi connectivity index (χ2n) is 2.84. The molecule has 1 rings (SSSR count). The van der Waals surface area contributed by atoms with Gasteiger partial charge in [-0.2, -0.15) is 0 Å². The molecule has 0 aliphatic heterocycles. The smallest absolute Gasteiger partial charge is 0.352 e. The summed E-state index contributed by atoms with van der Waals surface area (Å²) in [6, 6.07) is 5.03. The zero-order valence-electron chi connectivity index (χ0n) is 7.98. The van der Waals surface area contributed by atoms with E-state index >= 15 is 0 Å². The molecule has 0 heterocycles. The summed E-state index contributed by atoms with van der Waals surface area (Å²) in [6.07, 6.45) is 0.493. The number of halogens is 1. The number of aliphatic carboxylic acids is 2. The van der Waals surface area contributed by atoms with Crippen LogP contribution in [0.5, 0.6) is 0 Å². The summed E-state index contributed by atoms with van der Waals surface area (Å²) in [5.41, 5.74) is -0.381. The molecule has 84 valence electrons. The molecular formula is C10H8FNO4. The van der Waals surface area contributed by atoms with E-state index in [2.05, 4.69) is 5.32 Å². The maximum atomic E-state index is 12.8. The van der Waals surface area contributed by atoms with Gasteiger partial charge < -0.3 is 15.5 Å². The van der Waals surface area contributed by atoms with Crippen molar-refractivity contribution in [1.29, 1.82) is 0 Å². The van der Waals surface area contributed by atoms with E-state index in [1.807, 2.05) is 0 Å². The molecule has 0 unspecified atom stereocenters. The predicted octanol–water partition coefficient (Wildman–Crippen LogP) is 1.29. The number of hydrogen-bond acceptors (Lipinski definition) is 3. The first kappa shape index (κ1) is 11.7. The maximum absolute atomic E-state index is 12.8. The lowest BCUT2D eigenvalue weighted by atomic mass is 10.3. The molecule has 0 bridgehead atoms. The fourth-order valence-corrected chi connectivity index (χ4v) is 0.997. The van der Waals surface area contributed by atoms with Crippen molar-refractivity contribution >= 4 is 17.6 Å². The molecule has 1 aromatic rings. The molecule has 0 saturated carbocycles. The largest absolute Gasteiger partial charge is 0.478 e. The minimum Gasteiger partial charge on any atom is -0.478 e. The topological polar surface area (TPSA) is 86.6 Å². The molecule has 0 fully saturated rings. The maximum Gasteiger partial charge on any atom is 0.352 e. The van der Waals surface area contributed by atoms with Gasteiger partial charge >= 0.3 is 11.9 Å². The van der Waals surface area contributed by atoms with E-state index in [-0.39, 0.29) is 5.69 Å². The quantitative estimate of drug-likeness (QED) is 0.672. The van der Waals surface area contributed by atoms with Gasteiger partial charge in [0.15, 0.2) is 0 Å². The first-order valence-electron chi connectivity index (χ1n) is 4.19. The van der Waals surface area contributed by atoms with Crippen LogP contribution in [0, 0.1) is 5.82 Å². The van der Waals surface area contributed by atoms with Crippen molar-refractivity contribution in [1.82, 2.24) is 0 Å². The second-order valence-corrected chi connectivity index (χ2v) is 2.84. The summed E-state index contributed by atoms with van der Waals surface area (Å²) in [7, 11) is 0. The van der Waals surface area contributed by atoms with Crippen LogP contribution in [0.15, 0.2) is 36.0 Å². The summed E-state index contributed by atoms with van der Waals surface area (Å²) in [5.74, 6) is -3.39. The van der Waals surface area contributed by atoms with Crippen molar-refractivity contribution in [2.75, 3.05) is 5.32 Å². The highest BCUT2D eigenvalue weighted by Crippen LogP contribution is 2.11. The molecule has 16 heavy (non-hydrogen) atoms. The third-order valence-corrected chi connectivity index (χ3v) is 1.60. The van der Waals surface area contributed by atoms with E-state index in [0.29, 0.717) is 6.08 Å². The molecule has 6 heteroatoms. The summed E-state index contributed by atoms with van der Waals surface area (Å²) < 4.78 is 12.8. The van der Waals surface area contributed by atoms with Crippen molar-refractivity contribution in [3.05, 3.63) is 41.9 Å². The minimum absolute atomic E-state index is 0.162. The second kappa shape index (κ2) is 4.92. The van der Waals surface area contributed by atoms with Gasteiger partial charge in [-0.25, -0.2) is 14.0 Å². The Morgan fingerprint density at radius 2 is 2.00 bits per heavy atom. The van der Waals surface area contributed by atoms with Gasteiger partial charge in [-0.05, 0) is 18.2 Å². The fourth-order valence-electron chi connectivity index (χ4n) is 0.997. The molecule has 0 aliphatic carbocycles. The highest BCUT2D eigenvalue weighted by Gasteiger charge is 2.09. The Morgan fingerprint density at radius 3 is 2.50 bits per heavy atom. The first-order valence-corrected chi connectivity index (χ1v) is 4.19. The predicted molar refractivity (Wildman–Crippen MR) is 53.4 cm³/mol. The van der Waals surface area contributed by atoms with E-state index in [4.69, 9.17) is 10.2 Å². The van der Waals surface area contributed by atoms with Crippen LogP contribution in [0.4, 0.5) is 10.1 Å². The highest BCUT2D eigenvalue weighted by atomic mass is 19.1. The van der Waals surface area contributed by atoms with Gasteiger partial charge in [-0.15, -0.1) is 0 Å². The molecule has 3 N–H and O–H groups in total. The summed E-state index contributed by atoms with van der Waals surface area (Å²) in [6.45, 7) is 0. The molecule has 1 aromatic carbocycles. The van der Waals surface area contributed by atoms with Crippen molar-refractivity contribution in [2.24, 2.45) is 0 Å². The van der Waals surface area contributed by atoms with Gasteiger partial charge in [-0.1, -0.05) is 6.07 Å². The van der Waals surface area contributed by atoms with Gasteiger partial charge in [0.1, 0.15) is 11.5 Å². The van der Waals surface area contributed by atoms with Crippen LogP contribution in [0.3, 0.4) is 0 Å². The van der Waals surface area contributed by atoms with Crippen molar-refractivity contribution < 1.29 is 24.2 Å². The number of carboxylic acids is 2. The Bertz CT molecular complexity index is 456. The standard InChI is InChI=1S/C10H8FNO4/c11-6-2-1-3-7(4-6)12-8(10(15)16)5-9(13)14/h1-5,12H,(H,13,14)(H,15,16)/b8-5-. The van der Waals surface area contributed by atoms with Crippen LogP contribution < -0.4 is 5.32 Å². The zero-order valence-corrected chi connectivity index (χ0v) is 7.98. The van der Waals surface area contributed by atoms with Crippen LogP contribution in [0.25, 0.3) is 0 Å². The van der Waals surface area contributed by atoms with Gasteiger partial charge in [0.25, 0.3) is 0 Å². The number of carboxylic acid groups (broad SMARTS) is 2. The number of hydrogen-bond donors (Lipinski definition) is 3. The number of carbonyl (C=O) groups is 2. The van der Waals surface area contributed by atoms with Gasteiger partial charge in [0.05, 0.1) is 6.08 Å². The van der Waals surface area contributed by atoms with E-state index in [0.717, 1.165) is 6.07 Å². The number of benzene rings is 1. The zero-order chi connectivity index (χ0) is 12.1. The van der Waals surface area contributed by atoms with Crippen LogP contribution in [-0.2, 0) is 9.59 Å². The average Bonchev–Trinajstić information content (AvgIpc) is 2.15. The van der Waals surface area contributed by atoms with Gasteiger partial charge in [-0.3, -0.25) is 0 Å². The summed E-state index contributed by atoms with van der Waals surface area (Å²) in [5, 5.41) is 19.4. The lowest BCUT2D eigenvalue weighted by Gasteiger charge is -2.05. The van der Waals surface area contributed by atoms with Crippen molar-refractivity contribution in [2.45, 2.75) is 0 Å². The van der Waals surface area contributed by atoms with Gasteiger partial charge in [0.2, 0.25) is 0 Å². The van der Waals surface area contributed by atoms with Crippen molar-refractivity contribution in [3.63, 3.8) is 0 Å². The Balaban J connectivity index is 2.93. The molecular weight excluding hydrogens is 217 g/mol. The molecule has 0 atom stereocenters. The van der Waals surface area contributed by atoms with E-state index < -0.39 is 23.5 Å². The molecule has 0 aromatic heterocycles. The summed E-state index contributed by atoms with van der Waals surface area (Å²) >= 11 is 0. The monoisotopic (exact) mass is 225 g/mol. The Kier molecular flexibility index (Phi) is 3.60. The van der Waals surface area contributed by atoms with Crippen LogP contribution in [0.1, 0.15) is 0 Å². The number of anilines is 1. The van der Waals surface area contributed by atoms with Crippen LogP contribution in [-0.4, -0.2) is 22.2 Å². The SMILES string of the molecule is O=C(O)/C=C(\Nc1cccc(F)c1)C(=O)O. The van der Waals surface area contributed by atoms with Crippen molar-refractivity contribution in [3.8, 4) is 0 Å². The van der Waals surface area contributed by atoms with Gasteiger partial charge in [0, 0.05) is 5.69 Å². The summed E-state index contributed by atoms with van der Waals surface area (Å²) in [4.78, 5) is 21.0. The molecule has 0 aliphatic rings. The lowest BCUT2D eigenvalue weighted by molar-refractivity contribution is -0.134. The number of rotatable bonds is 4. The minimum atomic E-state index is -1.44. The third kappa shape index (κ3) is 3.41. The highest BCUT2D eigenvalue weighted by molar-refractivity contribution is 5.97. The molecule has 0 radical (unpaired) electrons. The van der Waals surface area contributed by atoms with E-state index in [9.17, 15) is 14.0 Å². The first-order chi connectivity index (χ1) is 7.49. The van der Waals surface area contributed by atoms with Crippen LogP contribution in [0.2, 0.25) is 0 Å². The Hall–Kier alpha value is -2.37. The van der Waals surface area contributed by atoms with E-state index in [1.54, 1.807) is 0 Å². The van der Waals surface area contributed by atoms with Crippen LogP contribution >= 0.6 is 0 Å². The molecule has 0 spiro atoms. The Morgan fingerprint density at radius 1 is 1.31 bits per heavy atom. The normalized spacial score (nSPS) is 10.9. The average molecular weight is 225 g/mol. The molecule has 0 amide bonds. The Labute approximate surface area is 89.8 Å². The molecule has 0 saturated heterocycles. The fraction of sp³-hybridized carbons (Fsp3) is 0. The lowest BCUT2D eigenvalue weighted by Crippen LogP contribution is -2.12. The third-order valence-electron chi connectivity index (χ3n) is 1.60.